The molecule has 134 valence electrons. The van der Waals surface area contributed by atoms with E-state index >= 15 is 0 Å². The lowest BCUT2D eigenvalue weighted by Gasteiger charge is -2.13. The fourth-order valence-corrected chi connectivity index (χ4v) is 3.10. The average Bonchev–Trinajstić information content (AvgIpc) is 3.06. The van der Waals surface area contributed by atoms with E-state index in [4.69, 9.17) is 21.1 Å². The Morgan fingerprint density at radius 3 is 2.81 bits per heavy atom. The molecule has 0 radical (unpaired) electrons. The van der Waals surface area contributed by atoms with Gasteiger partial charge in [0.05, 0.1) is 19.0 Å². The van der Waals surface area contributed by atoms with Gasteiger partial charge in [-0.1, -0.05) is 35.9 Å². The Morgan fingerprint density at radius 1 is 1.23 bits per heavy atom. The number of benzene rings is 2. The van der Waals surface area contributed by atoms with E-state index in [1.165, 1.54) is 11.3 Å². The molecule has 0 saturated carbocycles. The lowest BCUT2D eigenvalue weighted by molar-refractivity contribution is 0.284. The van der Waals surface area contributed by atoms with Crippen LogP contribution in [0.4, 0.5) is 5.13 Å². The minimum absolute atomic E-state index is 0.333. The monoisotopic (exact) mass is 387 g/mol. The highest BCUT2D eigenvalue weighted by molar-refractivity contribution is 7.13. The average molecular weight is 388 g/mol. The number of anilines is 1. The number of nitrogens with one attached hydrogen (secondary N) is 1. The SMILES string of the molecule is COc1cccc(C=NNc2nc(C)cs2)c1OCc1ccccc1Cl. The summed E-state index contributed by atoms with van der Waals surface area (Å²) in [5.41, 5.74) is 5.57. The van der Waals surface area contributed by atoms with Gasteiger partial charge in [0.2, 0.25) is 5.13 Å². The van der Waals surface area contributed by atoms with Gasteiger partial charge in [-0.15, -0.1) is 11.3 Å². The van der Waals surface area contributed by atoms with Crippen molar-refractivity contribution in [1.82, 2.24) is 4.98 Å². The van der Waals surface area contributed by atoms with Gasteiger partial charge in [-0.3, -0.25) is 5.43 Å². The molecule has 0 atom stereocenters. The third-order valence-corrected chi connectivity index (χ3v) is 4.78. The molecular formula is C19H18ClN3O2S. The van der Waals surface area contributed by atoms with Crippen molar-refractivity contribution in [2.45, 2.75) is 13.5 Å². The number of para-hydroxylation sites is 1. The molecule has 26 heavy (non-hydrogen) atoms. The lowest BCUT2D eigenvalue weighted by Crippen LogP contribution is -2.02. The second kappa shape index (κ2) is 8.69. The molecule has 7 heteroatoms. The summed E-state index contributed by atoms with van der Waals surface area (Å²) in [7, 11) is 1.61. The second-order valence-electron chi connectivity index (χ2n) is 5.42. The van der Waals surface area contributed by atoms with Crippen LogP contribution in [0, 0.1) is 6.92 Å². The Labute approximate surface area is 161 Å². The van der Waals surface area contributed by atoms with Crippen LogP contribution in [-0.2, 0) is 6.61 Å². The first-order valence-corrected chi connectivity index (χ1v) is 9.17. The van der Waals surface area contributed by atoms with Crippen LogP contribution in [0.3, 0.4) is 0 Å². The number of ether oxygens (including phenoxy) is 2. The second-order valence-corrected chi connectivity index (χ2v) is 6.69. The van der Waals surface area contributed by atoms with Gasteiger partial charge in [-0.25, -0.2) is 4.98 Å². The fourth-order valence-electron chi connectivity index (χ4n) is 2.28. The van der Waals surface area contributed by atoms with Crippen LogP contribution >= 0.6 is 22.9 Å². The van der Waals surface area contributed by atoms with Crippen molar-refractivity contribution >= 4 is 34.3 Å². The van der Waals surface area contributed by atoms with Crippen molar-refractivity contribution in [2.24, 2.45) is 5.10 Å². The zero-order valence-electron chi connectivity index (χ0n) is 14.4. The molecule has 0 aliphatic heterocycles. The molecular weight excluding hydrogens is 370 g/mol. The number of rotatable bonds is 7. The Hall–Kier alpha value is -2.57. The number of nitrogens with zero attached hydrogens (tertiary/aromatic N) is 2. The third-order valence-electron chi connectivity index (χ3n) is 3.54. The van der Waals surface area contributed by atoms with Crippen molar-refractivity contribution in [3.63, 3.8) is 0 Å². The Bertz CT molecular complexity index is 911. The molecule has 1 heterocycles. The Kier molecular flexibility index (Phi) is 6.09. The van der Waals surface area contributed by atoms with Crippen molar-refractivity contribution in [3.05, 3.63) is 69.7 Å². The molecule has 2 aromatic carbocycles. The van der Waals surface area contributed by atoms with Gasteiger partial charge in [0.15, 0.2) is 11.5 Å². The van der Waals surface area contributed by atoms with Crippen LogP contribution < -0.4 is 14.9 Å². The summed E-state index contributed by atoms with van der Waals surface area (Å²) < 4.78 is 11.4. The summed E-state index contributed by atoms with van der Waals surface area (Å²) >= 11 is 7.70. The van der Waals surface area contributed by atoms with Crippen LogP contribution in [0.2, 0.25) is 5.02 Å². The third kappa shape index (κ3) is 4.53. The molecule has 1 N–H and O–H groups in total. The molecule has 3 aromatic rings. The van der Waals surface area contributed by atoms with Gasteiger partial charge in [-0.2, -0.15) is 5.10 Å². The standard InChI is InChI=1S/C19H18ClN3O2S/c1-13-12-26-19(22-13)23-21-10-14-7-5-9-17(24-2)18(14)25-11-15-6-3-4-8-16(15)20/h3-10,12H,11H2,1-2H3,(H,22,23). The number of aromatic nitrogens is 1. The molecule has 0 amide bonds. The molecule has 3 rings (SSSR count). The molecule has 0 bridgehead atoms. The van der Waals surface area contributed by atoms with Gasteiger partial charge < -0.3 is 9.47 Å². The van der Waals surface area contributed by atoms with Crippen molar-refractivity contribution < 1.29 is 9.47 Å². The van der Waals surface area contributed by atoms with E-state index in [0.717, 1.165) is 22.0 Å². The molecule has 0 fully saturated rings. The quantitative estimate of drug-likeness (QED) is 0.450. The van der Waals surface area contributed by atoms with E-state index in [1.54, 1.807) is 13.3 Å². The summed E-state index contributed by atoms with van der Waals surface area (Å²) in [6, 6.07) is 13.2. The van der Waals surface area contributed by atoms with Gasteiger partial charge in [0.25, 0.3) is 0 Å². The van der Waals surface area contributed by atoms with Crippen molar-refractivity contribution in [1.29, 1.82) is 0 Å². The topological polar surface area (TPSA) is 55.7 Å². The van der Waals surface area contributed by atoms with E-state index in [0.29, 0.717) is 23.1 Å². The van der Waals surface area contributed by atoms with Gasteiger partial charge >= 0.3 is 0 Å². The zero-order valence-corrected chi connectivity index (χ0v) is 16.0. The Morgan fingerprint density at radius 2 is 2.08 bits per heavy atom. The molecule has 1 aromatic heterocycles. The van der Waals surface area contributed by atoms with Crippen molar-refractivity contribution in [3.8, 4) is 11.5 Å². The smallest absolute Gasteiger partial charge is 0.203 e. The van der Waals surface area contributed by atoms with Crippen LogP contribution in [0.1, 0.15) is 16.8 Å². The molecule has 0 spiro atoms. The van der Waals surface area contributed by atoms with E-state index < -0.39 is 0 Å². The highest BCUT2D eigenvalue weighted by Crippen LogP contribution is 2.31. The number of aryl methyl sites for hydroxylation is 1. The number of methoxy groups -OCH3 is 1. The number of halogens is 1. The van der Waals surface area contributed by atoms with Gasteiger partial charge in [0.1, 0.15) is 6.61 Å². The van der Waals surface area contributed by atoms with Crippen LogP contribution in [0.5, 0.6) is 11.5 Å². The number of hydrazone groups is 1. The number of hydrogen-bond donors (Lipinski definition) is 1. The first kappa shape index (κ1) is 18.2. The summed E-state index contributed by atoms with van der Waals surface area (Å²) in [4.78, 5) is 4.31. The minimum Gasteiger partial charge on any atom is -0.493 e. The number of hydrogen-bond acceptors (Lipinski definition) is 6. The zero-order chi connectivity index (χ0) is 18.4. The summed E-state index contributed by atoms with van der Waals surface area (Å²) in [6.07, 6.45) is 1.68. The van der Waals surface area contributed by atoms with Gasteiger partial charge in [0, 0.05) is 21.5 Å². The highest BCUT2D eigenvalue weighted by Gasteiger charge is 2.10. The number of thiazole rings is 1. The largest absolute Gasteiger partial charge is 0.493 e. The first-order valence-electron chi connectivity index (χ1n) is 7.92. The van der Waals surface area contributed by atoms with E-state index in [2.05, 4.69) is 15.5 Å². The first-order chi connectivity index (χ1) is 12.7. The maximum Gasteiger partial charge on any atom is 0.203 e. The minimum atomic E-state index is 0.333. The van der Waals surface area contributed by atoms with Crippen LogP contribution in [0.15, 0.2) is 52.9 Å². The van der Waals surface area contributed by atoms with Crippen molar-refractivity contribution in [2.75, 3.05) is 12.5 Å². The lowest BCUT2D eigenvalue weighted by atomic mass is 10.2. The van der Waals surface area contributed by atoms with Crippen LogP contribution in [-0.4, -0.2) is 18.3 Å². The van der Waals surface area contributed by atoms with E-state index in [9.17, 15) is 0 Å². The van der Waals surface area contributed by atoms with Gasteiger partial charge in [-0.05, 0) is 25.1 Å². The fraction of sp³-hybridized carbons (Fsp3) is 0.158. The molecule has 0 aliphatic carbocycles. The van der Waals surface area contributed by atoms with E-state index in [1.807, 2.05) is 54.8 Å². The summed E-state index contributed by atoms with van der Waals surface area (Å²) in [5.74, 6) is 1.24. The van der Waals surface area contributed by atoms with E-state index in [-0.39, 0.29) is 0 Å². The predicted octanol–water partition coefficient (Wildman–Crippen LogP) is 5.14. The molecule has 0 saturated heterocycles. The predicted molar refractivity (Wildman–Crippen MR) is 107 cm³/mol. The maximum absolute atomic E-state index is 6.20. The normalized spacial score (nSPS) is 10.9. The summed E-state index contributed by atoms with van der Waals surface area (Å²) in [5, 5.41) is 7.61. The molecule has 5 nitrogen and oxygen atoms in total. The molecule has 0 aliphatic rings. The Balaban J connectivity index is 1.78. The van der Waals surface area contributed by atoms with Crippen LogP contribution in [0.25, 0.3) is 0 Å². The maximum atomic E-state index is 6.20. The summed E-state index contributed by atoms with van der Waals surface area (Å²) in [6.45, 7) is 2.27. The molecule has 0 unspecified atom stereocenters. The highest BCUT2D eigenvalue weighted by atomic mass is 35.5.